The minimum atomic E-state index is 0.00723. The molecule has 1 fully saturated rings. The number of hydrogen-bond acceptors (Lipinski definition) is 4. The maximum absolute atomic E-state index is 13.2. The summed E-state index contributed by atoms with van der Waals surface area (Å²) in [4.78, 5) is 28.3. The van der Waals surface area contributed by atoms with Crippen LogP contribution in [0.25, 0.3) is 21.7 Å². The minimum Gasteiger partial charge on any atom is -0.339 e. The van der Waals surface area contributed by atoms with Gasteiger partial charge in [-0.15, -0.1) is 0 Å². The summed E-state index contributed by atoms with van der Waals surface area (Å²) in [7, 11) is 0. The molecule has 2 heterocycles. The SMILES string of the molecule is CC(=O)N1CCN(C(=O)c2cccc3cc(Nc4n[nH]c5ccccc45)ccc23)CC1. The fraction of sp³-hybridized carbons (Fsp3) is 0.208. The largest absolute Gasteiger partial charge is 0.339 e. The summed E-state index contributed by atoms with van der Waals surface area (Å²) < 4.78 is 0. The van der Waals surface area contributed by atoms with Gasteiger partial charge in [0.2, 0.25) is 5.91 Å². The molecule has 0 spiro atoms. The van der Waals surface area contributed by atoms with Crippen LogP contribution >= 0.6 is 0 Å². The number of benzene rings is 3. The average molecular weight is 413 g/mol. The summed E-state index contributed by atoms with van der Waals surface area (Å²) in [6.45, 7) is 3.84. The molecule has 0 radical (unpaired) electrons. The Bertz CT molecular complexity index is 1290. The van der Waals surface area contributed by atoms with Crippen molar-refractivity contribution in [1.29, 1.82) is 0 Å². The van der Waals surface area contributed by atoms with Gasteiger partial charge in [0.25, 0.3) is 5.91 Å². The fourth-order valence-electron chi connectivity index (χ4n) is 4.14. The summed E-state index contributed by atoms with van der Waals surface area (Å²) in [5, 5.41) is 13.7. The van der Waals surface area contributed by atoms with Crippen molar-refractivity contribution in [3.63, 3.8) is 0 Å². The van der Waals surface area contributed by atoms with Gasteiger partial charge in [-0.1, -0.05) is 30.3 Å². The van der Waals surface area contributed by atoms with Crippen LogP contribution < -0.4 is 5.32 Å². The fourth-order valence-corrected chi connectivity index (χ4v) is 4.14. The first kappa shape index (κ1) is 19.1. The van der Waals surface area contributed by atoms with Crippen molar-refractivity contribution < 1.29 is 9.59 Å². The highest BCUT2D eigenvalue weighted by atomic mass is 16.2. The molecule has 31 heavy (non-hydrogen) atoms. The van der Waals surface area contributed by atoms with E-state index in [-0.39, 0.29) is 11.8 Å². The molecule has 0 unspecified atom stereocenters. The second-order valence-corrected chi connectivity index (χ2v) is 7.78. The van der Waals surface area contributed by atoms with Crippen molar-refractivity contribution >= 4 is 45.0 Å². The van der Waals surface area contributed by atoms with Crippen LogP contribution in [0.4, 0.5) is 11.5 Å². The molecule has 1 aromatic heterocycles. The summed E-state index contributed by atoms with van der Waals surface area (Å²) in [5.74, 6) is 0.834. The molecule has 156 valence electrons. The molecule has 7 heteroatoms. The first-order chi connectivity index (χ1) is 15.1. The predicted octanol–water partition coefficient (Wildman–Crippen LogP) is 3.76. The molecule has 4 aromatic rings. The zero-order valence-electron chi connectivity index (χ0n) is 17.3. The van der Waals surface area contributed by atoms with E-state index in [0.717, 1.165) is 33.2 Å². The van der Waals surface area contributed by atoms with Gasteiger partial charge >= 0.3 is 0 Å². The third-order valence-electron chi connectivity index (χ3n) is 5.86. The predicted molar refractivity (Wildman–Crippen MR) is 121 cm³/mol. The third kappa shape index (κ3) is 3.59. The van der Waals surface area contributed by atoms with Gasteiger partial charge in [-0.25, -0.2) is 0 Å². The normalized spacial score (nSPS) is 14.2. The van der Waals surface area contributed by atoms with E-state index in [4.69, 9.17) is 0 Å². The monoisotopic (exact) mass is 413 g/mol. The lowest BCUT2D eigenvalue weighted by Crippen LogP contribution is -2.50. The number of aromatic amines is 1. The van der Waals surface area contributed by atoms with Crippen molar-refractivity contribution in [2.24, 2.45) is 0 Å². The molecule has 0 bridgehead atoms. The Morgan fingerprint density at radius 1 is 0.903 bits per heavy atom. The number of hydrogen-bond donors (Lipinski definition) is 2. The number of rotatable bonds is 3. The number of piperazine rings is 1. The Labute approximate surface area is 179 Å². The average Bonchev–Trinajstić information content (AvgIpc) is 3.21. The van der Waals surface area contributed by atoms with Crippen LogP contribution in [-0.4, -0.2) is 58.0 Å². The van der Waals surface area contributed by atoms with E-state index in [9.17, 15) is 9.59 Å². The Hall–Kier alpha value is -3.87. The molecule has 7 nitrogen and oxygen atoms in total. The van der Waals surface area contributed by atoms with Crippen molar-refractivity contribution in [2.45, 2.75) is 6.92 Å². The Balaban J connectivity index is 1.40. The van der Waals surface area contributed by atoms with Crippen molar-refractivity contribution in [3.05, 3.63) is 66.2 Å². The lowest BCUT2D eigenvalue weighted by Gasteiger charge is -2.34. The molecule has 2 N–H and O–H groups in total. The first-order valence-corrected chi connectivity index (χ1v) is 10.4. The maximum atomic E-state index is 13.2. The van der Waals surface area contributed by atoms with Crippen molar-refractivity contribution in [3.8, 4) is 0 Å². The zero-order valence-corrected chi connectivity index (χ0v) is 17.3. The molecular formula is C24H23N5O2. The van der Waals surface area contributed by atoms with Crippen molar-refractivity contribution in [1.82, 2.24) is 20.0 Å². The van der Waals surface area contributed by atoms with Crippen molar-refractivity contribution in [2.75, 3.05) is 31.5 Å². The van der Waals surface area contributed by atoms with Gasteiger partial charge in [-0.05, 0) is 41.1 Å². The summed E-state index contributed by atoms with van der Waals surface area (Å²) >= 11 is 0. The zero-order chi connectivity index (χ0) is 21.4. The van der Waals surface area contributed by atoms with Crippen LogP contribution in [0.15, 0.2) is 60.7 Å². The van der Waals surface area contributed by atoms with E-state index in [1.807, 2.05) is 65.6 Å². The maximum Gasteiger partial charge on any atom is 0.254 e. The highest BCUT2D eigenvalue weighted by molar-refractivity contribution is 6.08. The van der Waals surface area contributed by atoms with Gasteiger partial charge in [0.05, 0.1) is 5.52 Å². The number of aromatic nitrogens is 2. The number of H-pyrrole nitrogens is 1. The van der Waals surface area contributed by atoms with Crippen LogP contribution in [0.2, 0.25) is 0 Å². The molecule has 5 rings (SSSR count). The molecule has 0 saturated carbocycles. The van der Waals surface area contributed by atoms with Gasteiger partial charge in [-0.3, -0.25) is 14.7 Å². The molecule has 0 atom stereocenters. The molecule has 0 aliphatic carbocycles. The van der Waals surface area contributed by atoms with Crippen LogP contribution in [0.5, 0.6) is 0 Å². The minimum absolute atomic E-state index is 0.00723. The topological polar surface area (TPSA) is 81.3 Å². The Kier molecular flexibility index (Phi) is 4.78. The van der Waals surface area contributed by atoms with Crippen LogP contribution in [0.3, 0.4) is 0 Å². The van der Waals surface area contributed by atoms with E-state index < -0.39 is 0 Å². The summed E-state index contributed by atoms with van der Waals surface area (Å²) in [5.41, 5.74) is 2.57. The summed E-state index contributed by atoms with van der Waals surface area (Å²) in [6.07, 6.45) is 0. The van der Waals surface area contributed by atoms with E-state index in [0.29, 0.717) is 31.7 Å². The van der Waals surface area contributed by atoms with Gasteiger partial charge < -0.3 is 15.1 Å². The van der Waals surface area contributed by atoms with E-state index in [2.05, 4.69) is 15.5 Å². The number of fused-ring (bicyclic) bond motifs is 2. The second-order valence-electron chi connectivity index (χ2n) is 7.78. The van der Waals surface area contributed by atoms with E-state index in [1.165, 1.54) is 0 Å². The summed E-state index contributed by atoms with van der Waals surface area (Å²) in [6, 6.07) is 19.7. The van der Waals surface area contributed by atoms with Crippen LogP contribution in [0.1, 0.15) is 17.3 Å². The van der Waals surface area contributed by atoms with Gasteiger partial charge in [0, 0.05) is 49.7 Å². The molecule has 1 aliphatic heterocycles. The van der Waals surface area contributed by atoms with E-state index >= 15 is 0 Å². The Morgan fingerprint density at radius 3 is 2.48 bits per heavy atom. The van der Waals surface area contributed by atoms with Crippen LogP contribution in [-0.2, 0) is 4.79 Å². The number of amides is 2. The molecular weight excluding hydrogens is 390 g/mol. The second kappa shape index (κ2) is 7.75. The lowest BCUT2D eigenvalue weighted by molar-refractivity contribution is -0.130. The number of anilines is 2. The number of para-hydroxylation sites is 1. The number of carbonyl (C=O) groups is 2. The number of nitrogens with zero attached hydrogens (tertiary/aromatic N) is 3. The number of nitrogens with one attached hydrogen (secondary N) is 2. The van der Waals surface area contributed by atoms with Gasteiger partial charge in [0.1, 0.15) is 0 Å². The highest BCUT2D eigenvalue weighted by Gasteiger charge is 2.24. The third-order valence-corrected chi connectivity index (χ3v) is 5.86. The van der Waals surface area contributed by atoms with Gasteiger partial charge in [-0.2, -0.15) is 5.10 Å². The first-order valence-electron chi connectivity index (χ1n) is 10.4. The lowest BCUT2D eigenvalue weighted by atomic mass is 10.0. The molecule has 1 aliphatic rings. The Morgan fingerprint density at radius 2 is 1.68 bits per heavy atom. The van der Waals surface area contributed by atoms with Gasteiger partial charge in [0.15, 0.2) is 5.82 Å². The molecule has 3 aromatic carbocycles. The van der Waals surface area contributed by atoms with Crippen LogP contribution in [0, 0.1) is 0 Å². The molecule has 1 saturated heterocycles. The van der Waals surface area contributed by atoms with E-state index in [1.54, 1.807) is 11.8 Å². The smallest absolute Gasteiger partial charge is 0.254 e. The standard InChI is InChI=1S/C24H23N5O2/c1-16(30)28-11-13-29(14-12-28)24(31)20-7-4-5-17-15-18(9-10-19(17)20)25-23-21-6-2-3-8-22(21)26-27-23/h2-10,15H,11-14H2,1H3,(H2,25,26,27). The molecule has 2 amide bonds. The quantitative estimate of drug-likeness (QED) is 0.536. The highest BCUT2D eigenvalue weighted by Crippen LogP contribution is 2.28. The number of carbonyl (C=O) groups excluding carboxylic acids is 2.